The number of rotatable bonds is 7. The van der Waals surface area contributed by atoms with E-state index < -0.39 is 29.6 Å². The molecule has 0 saturated carbocycles. The fourth-order valence-corrected chi connectivity index (χ4v) is 4.02. The number of nitrogens with zero attached hydrogens (tertiary/aromatic N) is 6. The van der Waals surface area contributed by atoms with Crippen LogP contribution in [-0.4, -0.2) is 36.2 Å². The fourth-order valence-electron chi connectivity index (χ4n) is 2.90. The van der Waals surface area contributed by atoms with Crippen LogP contribution in [0.5, 0.6) is 0 Å². The molecule has 1 fully saturated rings. The van der Waals surface area contributed by atoms with Gasteiger partial charge in [0.25, 0.3) is 0 Å². The smallest absolute Gasteiger partial charge is 0.338 e. The number of aryl methyl sites for hydroxylation is 1. The van der Waals surface area contributed by atoms with Crippen LogP contribution in [-0.2, 0) is 9.47 Å². The summed E-state index contributed by atoms with van der Waals surface area (Å²) in [5.41, 5.74) is 18.8. The number of esters is 1. The molecule has 1 aliphatic heterocycles. The molecule has 1 saturated heterocycles. The Hall–Kier alpha value is -3.16. The first-order valence-corrected chi connectivity index (χ1v) is 9.69. The zero-order valence-corrected chi connectivity index (χ0v) is 16.3. The largest absolute Gasteiger partial charge is 0.459 e. The summed E-state index contributed by atoms with van der Waals surface area (Å²) in [6.07, 6.45) is -0.725. The van der Waals surface area contributed by atoms with Gasteiger partial charge >= 0.3 is 5.97 Å². The van der Waals surface area contributed by atoms with Gasteiger partial charge in [-0.15, -0.1) is 0 Å². The fraction of sp³-hybridized carbons (Fsp3) is 0.316. The van der Waals surface area contributed by atoms with Gasteiger partial charge in [-0.1, -0.05) is 57.9 Å². The lowest BCUT2D eigenvalue weighted by Crippen LogP contribution is -2.31. The van der Waals surface area contributed by atoms with Gasteiger partial charge in [0.15, 0.2) is 0 Å². The SMILES string of the molecule is Cc1ccc(SC2O[C@H](COC(=O)c3ccccc3)[C@@H](N=[N+]=[N-])[C@H]2N=[N+]=[N-])cc1. The van der Waals surface area contributed by atoms with E-state index in [4.69, 9.17) is 20.5 Å². The topological polar surface area (TPSA) is 133 Å². The quantitative estimate of drug-likeness (QED) is 0.274. The molecule has 9 nitrogen and oxygen atoms in total. The molecule has 0 spiro atoms. The highest BCUT2D eigenvalue weighted by molar-refractivity contribution is 7.99. The van der Waals surface area contributed by atoms with Crippen LogP contribution in [0.25, 0.3) is 20.9 Å². The van der Waals surface area contributed by atoms with E-state index in [0.29, 0.717) is 5.56 Å². The third kappa shape index (κ3) is 5.22. The molecule has 29 heavy (non-hydrogen) atoms. The van der Waals surface area contributed by atoms with Crippen molar-refractivity contribution >= 4 is 17.7 Å². The first-order valence-electron chi connectivity index (χ1n) is 8.81. The second-order valence-electron chi connectivity index (χ2n) is 6.33. The number of azide groups is 2. The molecule has 10 heteroatoms. The molecule has 0 radical (unpaired) electrons. The lowest BCUT2D eigenvalue weighted by molar-refractivity contribution is 0.00768. The number of hydrogen-bond acceptors (Lipinski definition) is 6. The molecular formula is C19H18N6O3S. The third-order valence-electron chi connectivity index (χ3n) is 4.35. The first kappa shape index (κ1) is 20.6. The maximum Gasteiger partial charge on any atom is 0.338 e. The molecule has 4 atom stereocenters. The highest BCUT2D eigenvalue weighted by Gasteiger charge is 2.44. The first-order chi connectivity index (χ1) is 14.1. The van der Waals surface area contributed by atoms with Gasteiger partial charge < -0.3 is 9.47 Å². The van der Waals surface area contributed by atoms with Crippen LogP contribution in [0, 0.1) is 6.92 Å². The van der Waals surface area contributed by atoms with Crippen LogP contribution in [0.15, 0.2) is 69.7 Å². The van der Waals surface area contributed by atoms with Gasteiger partial charge in [-0.2, -0.15) is 0 Å². The molecule has 0 bridgehead atoms. The minimum atomic E-state index is -0.789. The van der Waals surface area contributed by atoms with Gasteiger partial charge in [0.05, 0.1) is 17.6 Å². The molecule has 1 unspecified atom stereocenters. The number of carbonyl (C=O) groups excluding carboxylic acids is 1. The third-order valence-corrected chi connectivity index (χ3v) is 5.52. The van der Waals surface area contributed by atoms with Gasteiger partial charge in [0.1, 0.15) is 18.1 Å². The molecule has 148 valence electrons. The van der Waals surface area contributed by atoms with Crippen LogP contribution in [0.3, 0.4) is 0 Å². The Morgan fingerprint density at radius 3 is 2.38 bits per heavy atom. The molecule has 3 rings (SSSR count). The van der Waals surface area contributed by atoms with Crippen molar-refractivity contribution in [1.82, 2.24) is 0 Å². The molecule has 0 amide bonds. The van der Waals surface area contributed by atoms with Crippen molar-refractivity contribution in [1.29, 1.82) is 0 Å². The lowest BCUT2D eigenvalue weighted by Gasteiger charge is -2.15. The van der Waals surface area contributed by atoms with E-state index in [-0.39, 0.29) is 6.61 Å². The second kappa shape index (κ2) is 9.86. The van der Waals surface area contributed by atoms with E-state index in [1.54, 1.807) is 30.3 Å². The number of ether oxygens (including phenoxy) is 2. The van der Waals surface area contributed by atoms with Crippen molar-refractivity contribution in [3.05, 3.63) is 86.6 Å². The Morgan fingerprint density at radius 2 is 1.72 bits per heavy atom. The Bertz CT molecular complexity index is 942. The standard InChI is InChI=1S/C19H18N6O3S/c1-12-7-9-14(10-8-12)29-19-17(23-25-21)16(22-24-20)15(28-19)11-27-18(26)13-5-3-2-4-6-13/h2-10,15-17,19H,11H2,1H3/t15-,16-,17-,19?/m1/s1. The zero-order valence-electron chi connectivity index (χ0n) is 15.5. The maximum atomic E-state index is 12.2. The number of carbonyl (C=O) groups is 1. The molecule has 0 aromatic heterocycles. The van der Waals surface area contributed by atoms with E-state index in [2.05, 4.69) is 20.1 Å². The van der Waals surface area contributed by atoms with E-state index >= 15 is 0 Å². The molecule has 2 aromatic carbocycles. The van der Waals surface area contributed by atoms with Gasteiger partial charge in [-0.3, -0.25) is 0 Å². The van der Waals surface area contributed by atoms with Crippen molar-refractivity contribution in [2.24, 2.45) is 10.2 Å². The van der Waals surface area contributed by atoms with Crippen molar-refractivity contribution in [2.45, 2.75) is 35.4 Å². The maximum absolute atomic E-state index is 12.2. The summed E-state index contributed by atoms with van der Waals surface area (Å²) in [7, 11) is 0. The average molecular weight is 410 g/mol. The molecule has 2 aromatic rings. The van der Waals surface area contributed by atoms with E-state index in [1.807, 2.05) is 31.2 Å². The minimum Gasteiger partial charge on any atom is -0.459 e. The summed E-state index contributed by atoms with van der Waals surface area (Å²) < 4.78 is 11.3. The van der Waals surface area contributed by atoms with E-state index in [0.717, 1.165) is 10.5 Å². The Kier molecular flexibility index (Phi) is 6.99. The highest BCUT2D eigenvalue weighted by Crippen LogP contribution is 2.37. The number of benzene rings is 2. The van der Waals surface area contributed by atoms with Crippen LogP contribution in [0.1, 0.15) is 15.9 Å². The van der Waals surface area contributed by atoms with Gasteiger partial charge in [-0.05, 0) is 42.3 Å². The summed E-state index contributed by atoms with van der Waals surface area (Å²) in [4.78, 5) is 18.9. The Morgan fingerprint density at radius 1 is 1.07 bits per heavy atom. The normalized spacial score (nSPS) is 22.9. The van der Waals surface area contributed by atoms with E-state index in [9.17, 15) is 4.79 Å². The molecule has 1 aliphatic rings. The zero-order chi connectivity index (χ0) is 20.6. The summed E-state index contributed by atoms with van der Waals surface area (Å²) in [5.74, 6) is -0.510. The number of hydrogen-bond donors (Lipinski definition) is 0. The predicted molar refractivity (Wildman–Crippen MR) is 108 cm³/mol. The Balaban J connectivity index is 1.75. The lowest BCUT2D eigenvalue weighted by atomic mass is 10.1. The second-order valence-corrected chi connectivity index (χ2v) is 7.50. The average Bonchev–Trinajstić information content (AvgIpc) is 3.05. The van der Waals surface area contributed by atoms with Crippen LogP contribution in [0.2, 0.25) is 0 Å². The van der Waals surface area contributed by atoms with Crippen molar-refractivity contribution in [3.63, 3.8) is 0 Å². The molecular weight excluding hydrogens is 392 g/mol. The summed E-state index contributed by atoms with van der Waals surface area (Å²) in [5, 5.41) is 7.53. The summed E-state index contributed by atoms with van der Waals surface area (Å²) in [6, 6.07) is 14.8. The van der Waals surface area contributed by atoms with Crippen LogP contribution in [0.4, 0.5) is 0 Å². The van der Waals surface area contributed by atoms with Crippen molar-refractivity contribution in [3.8, 4) is 0 Å². The van der Waals surface area contributed by atoms with E-state index in [1.165, 1.54) is 11.8 Å². The van der Waals surface area contributed by atoms with Crippen molar-refractivity contribution in [2.75, 3.05) is 6.61 Å². The van der Waals surface area contributed by atoms with Crippen molar-refractivity contribution < 1.29 is 14.3 Å². The minimum absolute atomic E-state index is 0.125. The molecule has 0 aliphatic carbocycles. The van der Waals surface area contributed by atoms with Crippen LogP contribution >= 0.6 is 11.8 Å². The Labute approximate surface area is 171 Å². The summed E-state index contributed by atoms with van der Waals surface area (Å²) in [6.45, 7) is 1.86. The van der Waals surface area contributed by atoms with Gasteiger partial charge in [0, 0.05) is 14.7 Å². The predicted octanol–water partition coefficient (Wildman–Crippen LogP) is 5.03. The molecule has 1 heterocycles. The number of thioether (sulfide) groups is 1. The summed E-state index contributed by atoms with van der Waals surface area (Å²) >= 11 is 1.36. The highest BCUT2D eigenvalue weighted by atomic mass is 32.2. The van der Waals surface area contributed by atoms with Gasteiger partial charge in [0.2, 0.25) is 0 Å². The monoisotopic (exact) mass is 410 g/mol. The van der Waals surface area contributed by atoms with Gasteiger partial charge in [-0.25, -0.2) is 4.79 Å². The van der Waals surface area contributed by atoms with Crippen LogP contribution < -0.4 is 0 Å². The molecule has 0 N–H and O–H groups in total.